The van der Waals surface area contributed by atoms with Gasteiger partial charge in [-0.1, -0.05) is 76.1 Å². The zero-order chi connectivity index (χ0) is 22.3. The third kappa shape index (κ3) is 3.55. The van der Waals surface area contributed by atoms with E-state index in [1.165, 1.54) is 22.3 Å². The minimum absolute atomic E-state index is 0.0116. The minimum atomic E-state index is -0.944. The average Bonchev–Trinajstić information content (AvgIpc) is 3.10. The zero-order valence-electron chi connectivity index (χ0n) is 18.3. The summed E-state index contributed by atoms with van der Waals surface area (Å²) in [7, 11) is 0. The van der Waals surface area contributed by atoms with Gasteiger partial charge in [-0.3, -0.25) is 0 Å². The van der Waals surface area contributed by atoms with Gasteiger partial charge in [0, 0.05) is 15.6 Å². The number of anilines is 1. The lowest BCUT2D eigenvalue weighted by Gasteiger charge is -2.47. The summed E-state index contributed by atoms with van der Waals surface area (Å²) in [5, 5.41) is 13.7. The van der Waals surface area contributed by atoms with E-state index >= 15 is 0 Å². The van der Waals surface area contributed by atoms with E-state index in [1.54, 1.807) is 0 Å². The Morgan fingerprint density at radius 3 is 2.44 bits per heavy atom. The molecule has 0 bridgehead atoms. The smallest absolute Gasteiger partial charge is 0.329 e. The second-order valence-corrected chi connectivity index (χ2v) is 10.4. The third-order valence-electron chi connectivity index (χ3n) is 7.70. The topological polar surface area (TPSA) is 49.3 Å². The Labute approximate surface area is 198 Å². The maximum Gasteiger partial charge on any atom is 0.329 e. The second-order valence-electron chi connectivity index (χ2n) is 9.51. The van der Waals surface area contributed by atoms with Crippen LogP contribution in [0.25, 0.3) is 0 Å². The fraction of sp³-hybridized carbons (Fsp3) is 0.321. The highest BCUT2D eigenvalue weighted by atomic mass is 79.9. The summed E-state index contributed by atoms with van der Waals surface area (Å²) in [6.07, 6.45) is 3.95. The van der Waals surface area contributed by atoms with Gasteiger partial charge in [-0.2, -0.15) is 0 Å². The fourth-order valence-electron chi connectivity index (χ4n) is 6.09. The molecule has 1 unspecified atom stereocenters. The number of aliphatic carboxylic acids is 1. The normalized spacial score (nSPS) is 26.6. The Hall–Kier alpha value is -2.59. The molecule has 4 heteroatoms. The van der Waals surface area contributed by atoms with Crippen LogP contribution in [0.3, 0.4) is 0 Å². The van der Waals surface area contributed by atoms with Gasteiger partial charge in [0.15, 0.2) is 0 Å². The van der Waals surface area contributed by atoms with Gasteiger partial charge >= 0.3 is 5.97 Å². The van der Waals surface area contributed by atoms with Crippen molar-refractivity contribution in [2.75, 3.05) is 5.32 Å². The van der Waals surface area contributed by atoms with Gasteiger partial charge in [-0.25, -0.2) is 4.79 Å². The second kappa shape index (κ2) is 8.08. The van der Waals surface area contributed by atoms with Crippen LogP contribution in [-0.2, 0) is 16.6 Å². The van der Waals surface area contributed by atoms with Crippen molar-refractivity contribution in [3.8, 4) is 0 Å². The number of benzene rings is 3. The van der Waals surface area contributed by atoms with Crippen molar-refractivity contribution in [2.24, 2.45) is 0 Å². The molecule has 5 rings (SSSR count). The van der Waals surface area contributed by atoms with Gasteiger partial charge in [0.25, 0.3) is 0 Å². The molecule has 0 saturated heterocycles. The van der Waals surface area contributed by atoms with Gasteiger partial charge in [0.05, 0.1) is 0 Å². The molecule has 0 aromatic heterocycles. The van der Waals surface area contributed by atoms with E-state index in [9.17, 15) is 9.90 Å². The molecule has 0 heterocycles. The average molecular weight is 490 g/mol. The number of rotatable bonds is 4. The molecule has 32 heavy (non-hydrogen) atoms. The lowest BCUT2D eigenvalue weighted by Crippen LogP contribution is -2.52. The first kappa shape index (κ1) is 21.3. The van der Waals surface area contributed by atoms with Crippen LogP contribution in [-0.4, -0.2) is 16.6 Å². The number of hydrogen-bond donors (Lipinski definition) is 2. The van der Waals surface area contributed by atoms with E-state index in [2.05, 4.69) is 76.7 Å². The number of carbonyl (C=O) groups is 1. The third-order valence-corrected chi connectivity index (χ3v) is 8.20. The summed E-state index contributed by atoms with van der Waals surface area (Å²) in [6, 6.07) is 25.5. The summed E-state index contributed by atoms with van der Waals surface area (Å²) in [6.45, 7) is 2.15. The molecule has 0 radical (unpaired) electrons. The Morgan fingerprint density at radius 1 is 0.969 bits per heavy atom. The Morgan fingerprint density at radius 2 is 1.72 bits per heavy atom. The molecule has 2 aliphatic rings. The Bertz CT molecular complexity index is 1160. The standard InChI is InChI=1S/C28H28BrNO2/c1-19-6-4-8-20(16-19)25-17-21-7-2-3-11-24(21)27(25)12-14-28(15-13-27,26(31)32)30-23-10-5-9-22(29)18-23/h2-11,16,18,25,30H,12-15,17H2,1H3,(H,31,32). The highest BCUT2D eigenvalue weighted by Crippen LogP contribution is 2.58. The number of aryl methyl sites for hydroxylation is 1. The lowest BCUT2D eigenvalue weighted by molar-refractivity contribution is -0.144. The highest BCUT2D eigenvalue weighted by Gasteiger charge is 2.54. The van der Waals surface area contributed by atoms with E-state index in [-0.39, 0.29) is 5.41 Å². The van der Waals surface area contributed by atoms with Gasteiger partial charge in [-0.15, -0.1) is 0 Å². The summed E-state index contributed by atoms with van der Waals surface area (Å²) in [5.41, 5.74) is 5.39. The Balaban J connectivity index is 1.51. The van der Waals surface area contributed by atoms with E-state index in [4.69, 9.17) is 0 Å². The van der Waals surface area contributed by atoms with Crippen molar-refractivity contribution in [1.82, 2.24) is 0 Å². The predicted molar refractivity (Wildman–Crippen MR) is 132 cm³/mol. The first-order valence-electron chi connectivity index (χ1n) is 11.3. The Kier molecular flexibility index (Phi) is 5.37. The van der Waals surface area contributed by atoms with Crippen molar-refractivity contribution in [2.45, 2.75) is 55.9 Å². The molecule has 2 aliphatic carbocycles. The maximum atomic E-state index is 12.5. The van der Waals surface area contributed by atoms with Crippen LogP contribution in [0.1, 0.15) is 53.9 Å². The van der Waals surface area contributed by atoms with Crippen LogP contribution in [0, 0.1) is 6.92 Å². The molecule has 2 N–H and O–H groups in total. The van der Waals surface area contributed by atoms with E-state index in [1.807, 2.05) is 24.3 Å². The van der Waals surface area contributed by atoms with E-state index in [0.717, 1.165) is 29.4 Å². The van der Waals surface area contributed by atoms with Gasteiger partial charge in [0.2, 0.25) is 0 Å². The molecule has 3 aromatic carbocycles. The molecule has 0 aliphatic heterocycles. The minimum Gasteiger partial charge on any atom is -0.480 e. The molecule has 164 valence electrons. The molecule has 0 amide bonds. The number of carboxylic acids is 1. The van der Waals surface area contributed by atoms with Crippen molar-refractivity contribution in [3.05, 3.63) is 99.5 Å². The largest absolute Gasteiger partial charge is 0.480 e. The molecule has 1 fully saturated rings. The number of nitrogens with one attached hydrogen (secondary N) is 1. The molecular formula is C28H28BrNO2. The van der Waals surface area contributed by atoms with E-state index in [0.29, 0.717) is 18.8 Å². The summed E-state index contributed by atoms with van der Waals surface area (Å²) in [5.74, 6) is -0.372. The number of halogens is 1. The molecule has 1 spiro atoms. The molecule has 3 aromatic rings. The van der Waals surface area contributed by atoms with Crippen LogP contribution in [0.15, 0.2) is 77.3 Å². The van der Waals surface area contributed by atoms with Crippen LogP contribution >= 0.6 is 15.9 Å². The predicted octanol–water partition coefficient (Wildman–Crippen LogP) is 6.84. The maximum absolute atomic E-state index is 12.5. The van der Waals surface area contributed by atoms with Gasteiger partial charge < -0.3 is 10.4 Å². The van der Waals surface area contributed by atoms with Crippen LogP contribution in [0.2, 0.25) is 0 Å². The number of fused-ring (bicyclic) bond motifs is 2. The molecule has 1 atom stereocenters. The monoisotopic (exact) mass is 489 g/mol. The molecular weight excluding hydrogens is 462 g/mol. The van der Waals surface area contributed by atoms with Crippen molar-refractivity contribution >= 4 is 27.6 Å². The van der Waals surface area contributed by atoms with Gasteiger partial charge in [0.1, 0.15) is 5.54 Å². The SMILES string of the molecule is Cc1cccc(C2Cc3ccccc3C23CCC(Nc2cccc(Br)c2)(C(=O)O)CC3)c1. The van der Waals surface area contributed by atoms with Crippen LogP contribution < -0.4 is 5.32 Å². The number of hydrogen-bond acceptors (Lipinski definition) is 2. The first-order chi connectivity index (χ1) is 15.4. The van der Waals surface area contributed by atoms with Crippen LogP contribution in [0.4, 0.5) is 5.69 Å². The zero-order valence-corrected chi connectivity index (χ0v) is 19.9. The number of carboxylic acid groups (broad SMARTS) is 1. The van der Waals surface area contributed by atoms with Crippen molar-refractivity contribution in [3.63, 3.8) is 0 Å². The van der Waals surface area contributed by atoms with Crippen molar-refractivity contribution in [1.29, 1.82) is 0 Å². The quantitative estimate of drug-likeness (QED) is 0.421. The summed E-state index contributed by atoms with van der Waals surface area (Å²) < 4.78 is 0.944. The highest BCUT2D eigenvalue weighted by molar-refractivity contribution is 9.10. The van der Waals surface area contributed by atoms with Crippen molar-refractivity contribution < 1.29 is 9.90 Å². The summed E-state index contributed by atoms with van der Waals surface area (Å²) >= 11 is 3.50. The fourth-order valence-corrected chi connectivity index (χ4v) is 6.49. The first-order valence-corrected chi connectivity index (χ1v) is 12.1. The summed E-state index contributed by atoms with van der Waals surface area (Å²) in [4.78, 5) is 12.5. The van der Waals surface area contributed by atoms with E-state index < -0.39 is 11.5 Å². The molecule has 1 saturated carbocycles. The molecule has 3 nitrogen and oxygen atoms in total. The lowest BCUT2D eigenvalue weighted by atomic mass is 9.59. The van der Waals surface area contributed by atoms with Gasteiger partial charge in [-0.05, 0) is 79.8 Å². The van der Waals surface area contributed by atoms with Crippen LogP contribution in [0.5, 0.6) is 0 Å².